The van der Waals surface area contributed by atoms with E-state index in [-0.39, 0.29) is 19.2 Å². The van der Waals surface area contributed by atoms with Crippen LogP contribution in [0.4, 0.5) is 0 Å². The van der Waals surface area contributed by atoms with Gasteiger partial charge in [-0.1, -0.05) is 22.5 Å². The van der Waals surface area contributed by atoms with Crippen LogP contribution in [0, 0.1) is 0 Å². The molecule has 0 amide bonds. The predicted molar refractivity (Wildman–Crippen MR) is 55.1 cm³/mol. The Morgan fingerprint density at radius 3 is 2.36 bits per heavy atom. The van der Waals surface area contributed by atoms with Gasteiger partial charge in [0, 0.05) is 10.9 Å². The molecule has 0 saturated heterocycles. The van der Waals surface area contributed by atoms with Crippen molar-refractivity contribution in [1.29, 1.82) is 0 Å². The Morgan fingerprint density at radius 1 is 1.29 bits per heavy atom. The first-order valence-corrected chi connectivity index (χ1v) is 5.24. The van der Waals surface area contributed by atoms with Gasteiger partial charge in [0.25, 0.3) is 0 Å². The zero-order chi connectivity index (χ0) is 11.0. The lowest BCUT2D eigenvalue weighted by atomic mass is 10.4. The summed E-state index contributed by atoms with van der Waals surface area (Å²) in [4.78, 5) is 21.7. The fourth-order valence-corrected chi connectivity index (χ4v) is 0.886. The number of alkyl halides is 1. The summed E-state index contributed by atoms with van der Waals surface area (Å²) < 4.78 is 9.44. The van der Waals surface area contributed by atoms with E-state index in [2.05, 4.69) is 22.5 Å². The maximum Gasteiger partial charge on any atom is 0.333 e. The molecule has 0 saturated carbocycles. The van der Waals surface area contributed by atoms with Crippen LogP contribution < -0.4 is 0 Å². The number of halogens is 1. The monoisotopic (exact) mass is 264 g/mol. The van der Waals surface area contributed by atoms with E-state index in [0.29, 0.717) is 17.3 Å². The number of rotatable bonds is 6. The molecule has 0 aliphatic heterocycles. The highest BCUT2D eigenvalue weighted by molar-refractivity contribution is 9.09. The Labute approximate surface area is 91.4 Å². The Kier molecular flexibility index (Phi) is 7.10. The van der Waals surface area contributed by atoms with E-state index in [1.165, 1.54) is 0 Å². The molecular formula is C9H13BrO4. The number of carbonyl (C=O) groups is 2. The van der Waals surface area contributed by atoms with Crippen LogP contribution in [0.1, 0.15) is 13.3 Å². The molecule has 5 heteroatoms. The standard InChI is InChI=1S/C9H13BrO4/c1-7(2)9(12)14-6-5-13-8(11)3-4-10/h1,3-6H2,2H3. The highest BCUT2D eigenvalue weighted by atomic mass is 79.9. The second-order valence-electron chi connectivity index (χ2n) is 2.58. The second-order valence-corrected chi connectivity index (χ2v) is 3.37. The zero-order valence-corrected chi connectivity index (χ0v) is 9.63. The van der Waals surface area contributed by atoms with Crippen molar-refractivity contribution >= 4 is 27.9 Å². The quantitative estimate of drug-likeness (QED) is 0.315. The van der Waals surface area contributed by atoms with Crippen LogP contribution in [0.2, 0.25) is 0 Å². The van der Waals surface area contributed by atoms with Gasteiger partial charge in [0.2, 0.25) is 0 Å². The summed E-state index contributed by atoms with van der Waals surface area (Å²) in [5.41, 5.74) is 0.330. The van der Waals surface area contributed by atoms with E-state index < -0.39 is 5.97 Å². The van der Waals surface area contributed by atoms with Gasteiger partial charge >= 0.3 is 11.9 Å². The van der Waals surface area contributed by atoms with E-state index in [1.54, 1.807) is 6.92 Å². The van der Waals surface area contributed by atoms with Crippen molar-refractivity contribution in [2.24, 2.45) is 0 Å². The second kappa shape index (κ2) is 7.55. The third kappa shape index (κ3) is 6.65. The molecule has 0 unspecified atom stereocenters. The van der Waals surface area contributed by atoms with Crippen LogP contribution in [0.25, 0.3) is 0 Å². The van der Waals surface area contributed by atoms with Gasteiger partial charge in [0.15, 0.2) is 0 Å². The smallest absolute Gasteiger partial charge is 0.333 e. The van der Waals surface area contributed by atoms with E-state index >= 15 is 0 Å². The Bertz CT molecular complexity index is 225. The van der Waals surface area contributed by atoms with Crippen molar-refractivity contribution < 1.29 is 19.1 Å². The Balaban J connectivity index is 3.42. The summed E-state index contributed by atoms with van der Waals surface area (Å²) in [5, 5.41) is 0.567. The summed E-state index contributed by atoms with van der Waals surface area (Å²) in [5.74, 6) is -0.783. The summed E-state index contributed by atoms with van der Waals surface area (Å²) in [7, 11) is 0. The predicted octanol–water partition coefficient (Wildman–Crippen LogP) is 1.43. The summed E-state index contributed by atoms with van der Waals surface area (Å²) >= 11 is 3.10. The normalized spacial score (nSPS) is 9.29. The molecule has 0 aliphatic rings. The highest BCUT2D eigenvalue weighted by Crippen LogP contribution is 1.94. The van der Waals surface area contributed by atoms with Crippen molar-refractivity contribution in [3.05, 3.63) is 12.2 Å². The topological polar surface area (TPSA) is 52.6 Å². The van der Waals surface area contributed by atoms with Gasteiger partial charge in [-0.25, -0.2) is 4.79 Å². The number of hydrogen-bond donors (Lipinski definition) is 0. The maximum atomic E-state index is 10.8. The van der Waals surface area contributed by atoms with Gasteiger partial charge < -0.3 is 9.47 Å². The minimum Gasteiger partial charge on any atom is -0.462 e. The van der Waals surface area contributed by atoms with Crippen LogP contribution in [-0.4, -0.2) is 30.5 Å². The molecule has 80 valence electrons. The number of carbonyl (C=O) groups excluding carboxylic acids is 2. The minimum atomic E-state index is -0.471. The van der Waals surface area contributed by atoms with Crippen LogP contribution in [0.5, 0.6) is 0 Å². The summed E-state index contributed by atoms with van der Waals surface area (Å²) in [6.07, 6.45) is 0.314. The molecule has 4 nitrogen and oxygen atoms in total. The minimum absolute atomic E-state index is 0.0692. The molecule has 0 rings (SSSR count). The van der Waals surface area contributed by atoms with Crippen molar-refractivity contribution in [2.75, 3.05) is 18.5 Å². The largest absolute Gasteiger partial charge is 0.462 e. The average Bonchev–Trinajstić information content (AvgIpc) is 2.12. The van der Waals surface area contributed by atoms with Crippen LogP contribution in [0.15, 0.2) is 12.2 Å². The van der Waals surface area contributed by atoms with E-state index in [0.717, 1.165) is 0 Å². The van der Waals surface area contributed by atoms with Gasteiger partial charge in [0.05, 0.1) is 6.42 Å². The fraction of sp³-hybridized carbons (Fsp3) is 0.556. The van der Waals surface area contributed by atoms with E-state index in [1.807, 2.05) is 0 Å². The van der Waals surface area contributed by atoms with Crippen molar-refractivity contribution in [3.63, 3.8) is 0 Å². The fourth-order valence-electron chi connectivity index (χ4n) is 0.562. The third-order valence-corrected chi connectivity index (χ3v) is 1.62. The molecule has 0 aliphatic carbocycles. The molecule has 0 aromatic heterocycles. The van der Waals surface area contributed by atoms with Crippen LogP contribution >= 0.6 is 15.9 Å². The SMILES string of the molecule is C=C(C)C(=O)OCCOC(=O)CCBr. The Morgan fingerprint density at radius 2 is 1.86 bits per heavy atom. The summed E-state index contributed by atoms with van der Waals surface area (Å²) in [6.45, 7) is 5.12. The van der Waals surface area contributed by atoms with Crippen molar-refractivity contribution in [1.82, 2.24) is 0 Å². The first-order valence-electron chi connectivity index (χ1n) is 4.12. The molecule has 0 aromatic carbocycles. The molecule has 0 atom stereocenters. The lowest BCUT2D eigenvalue weighted by molar-refractivity contribution is -0.149. The number of hydrogen-bond acceptors (Lipinski definition) is 4. The third-order valence-electron chi connectivity index (χ3n) is 1.23. The zero-order valence-electron chi connectivity index (χ0n) is 8.05. The van der Waals surface area contributed by atoms with Crippen LogP contribution in [0.3, 0.4) is 0 Å². The van der Waals surface area contributed by atoms with E-state index in [4.69, 9.17) is 9.47 Å². The van der Waals surface area contributed by atoms with Gasteiger partial charge in [-0.3, -0.25) is 4.79 Å². The van der Waals surface area contributed by atoms with E-state index in [9.17, 15) is 9.59 Å². The van der Waals surface area contributed by atoms with Gasteiger partial charge in [-0.15, -0.1) is 0 Å². The molecular weight excluding hydrogens is 252 g/mol. The molecule has 0 N–H and O–H groups in total. The summed E-state index contributed by atoms with van der Waals surface area (Å²) in [6, 6.07) is 0. The average molecular weight is 265 g/mol. The van der Waals surface area contributed by atoms with Crippen molar-refractivity contribution in [2.45, 2.75) is 13.3 Å². The Hall–Kier alpha value is -0.840. The molecule has 0 bridgehead atoms. The number of ether oxygens (including phenoxy) is 2. The molecule has 0 radical (unpaired) electrons. The molecule has 0 spiro atoms. The van der Waals surface area contributed by atoms with Crippen LogP contribution in [-0.2, 0) is 19.1 Å². The van der Waals surface area contributed by atoms with Gasteiger partial charge in [-0.05, 0) is 6.92 Å². The molecule has 0 aromatic rings. The lowest BCUT2D eigenvalue weighted by Gasteiger charge is -2.05. The molecule has 0 fully saturated rings. The van der Waals surface area contributed by atoms with Gasteiger partial charge in [-0.2, -0.15) is 0 Å². The van der Waals surface area contributed by atoms with Gasteiger partial charge in [0.1, 0.15) is 13.2 Å². The molecule has 0 heterocycles. The highest BCUT2D eigenvalue weighted by Gasteiger charge is 2.04. The first-order chi connectivity index (χ1) is 6.57. The number of esters is 2. The van der Waals surface area contributed by atoms with Crippen molar-refractivity contribution in [3.8, 4) is 0 Å². The molecule has 14 heavy (non-hydrogen) atoms. The lowest BCUT2D eigenvalue weighted by Crippen LogP contribution is -2.14. The maximum absolute atomic E-state index is 10.8. The first kappa shape index (κ1) is 13.2.